The molecular formula is C9H11ClN2O2. The van der Waals surface area contributed by atoms with Crippen LogP contribution in [0.3, 0.4) is 0 Å². The fraction of sp³-hybridized carbons (Fsp3) is 0.444. The number of hydrogen-bond acceptors (Lipinski definition) is 4. The standard InChI is InChI=1S/C9H11ClN2O2/c1-3-14-9(13)7-5-11-6(2)12-8(7)4-10/h5H,3-4H2,1-2H3. The van der Waals surface area contributed by atoms with E-state index in [0.717, 1.165) is 0 Å². The van der Waals surface area contributed by atoms with E-state index in [1.54, 1.807) is 13.8 Å². The van der Waals surface area contributed by atoms with Crippen molar-refractivity contribution in [2.75, 3.05) is 6.61 Å². The van der Waals surface area contributed by atoms with E-state index in [9.17, 15) is 4.79 Å². The van der Waals surface area contributed by atoms with Crippen molar-refractivity contribution in [2.24, 2.45) is 0 Å². The van der Waals surface area contributed by atoms with Crippen LogP contribution in [0.2, 0.25) is 0 Å². The molecule has 0 unspecified atom stereocenters. The van der Waals surface area contributed by atoms with Gasteiger partial charge in [0.2, 0.25) is 0 Å². The van der Waals surface area contributed by atoms with Crippen LogP contribution in [0.15, 0.2) is 6.20 Å². The van der Waals surface area contributed by atoms with Gasteiger partial charge in [0.25, 0.3) is 0 Å². The average Bonchev–Trinajstić information content (AvgIpc) is 2.17. The lowest BCUT2D eigenvalue weighted by Crippen LogP contribution is -2.10. The van der Waals surface area contributed by atoms with Gasteiger partial charge in [-0.2, -0.15) is 0 Å². The molecule has 1 heterocycles. The van der Waals surface area contributed by atoms with Crippen molar-refractivity contribution in [3.8, 4) is 0 Å². The molecular weight excluding hydrogens is 204 g/mol. The lowest BCUT2D eigenvalue weighted by Gasteiger charge is -2.05. The predicted molar refractivity (Wildman–Crippen MR) is 52.3 cm³/mol. The highest BCUT2D eigenvalue weighted by molar-refractivity contribution is 6.17. The number of nitrogens with zero attached hydrogens (tertiary/aromatic N) is 2. The Morgan fingerprint density at radius 3 is 2.93 bits per heavy atom. The molecule has 0 aliphatic heterocycles. The van der Waals surface area contributed by atoms with Gasteiger partial charge in [-0.1, -0.05) is 0 Å². The Bertz CT molecular complexity index is 342. The van der Waals surface area contributed by atoms with E-state index in [4.69, 9.17) is 16.3 Å². The molecule has 0 bridgehead atoms. The van der Waals surface area contributed by atoms with Crippen molar-refractivity contribution >= 4 is 17.6 Å². The second kappa shape index (κ2) is 4.91. The van der Waals surface area contributed by atoms with Crippen molar-refractivity contribution < 1.29 is 9.53 Å². The third-order valence-electron chi connectivity index (χ3n) is 1.61. The van der Waals surface area contributed by atoms with Gasteiger partial charge in [-0.05, 0) is 13.8 Å². The Kier molecular flexibility index (Phi) is 3.83. The van der Waals surface area contributed by atoms with Gasteiger partial charge in [0.1, 0.15) is 11.4 Å². The highest BCUT2D eigenvalue weighted by Gasteiger charge is 2.13. The van der Waals surface area contributed by atoms with E-state index < -0.39 is 5.97 Å². The van der Waals surface area contributed by atoms with Crippen LogP contribution in [0.5, 0.6) is 0 Å². The predicted octanol–water partition coefficient (Wildman–Crippen LogP) is 1.70. The quantitative estimate of drug-likeness (QED) is 0.568. The van der Waals surface area contributed by atoms with Crippen LogP contribution in [-0.2, 0) is 10.6 Å². The summed E-state index contributed by atoms with van der Waals surface area (Å²) in [7, 11) is 0. The molecule has 0 amide bonds. The van der Waals surface area contributed by atoms with Crippen molar-refractivity contribution in [1.82, 2.24) is 9.97 Å². The number of aryl methyl sites for hydroxylation is 1. The Morgan fingerprint density at radius 1 is 1.64 bits per heavy atom. The van der Waals surface area contributed by atoms with Gasteiger partial charge < -0.3 is 4.74 Å². The van der Waals surface area contributed by atoms with E-state index >= 15 is 0 Å². The van der Waals surface area contributed by atoms with Gasteiger partial charge in [0.15, 0.2) is 0 Å². The number of esters is 1. The fourth-order valence-corrected chi connectivity index (χ4v) is 1.20. The first kappa shape index (κ1) is 10.9. The molecule has 0 saturated carbocycles. The minimum Gasteiger partial charge on any atom is -0.462 e. The smallest absolute Gasteiger partial charge is 0.341 e. The number of aromatic nitrogens is 2. The summed E-state index contributed by atoms with van der Waals surface area (Å²) in [4.78, 5) is 19.3. The molecule has 4 nitrogen and oxygen atoms in total. The van der Waals surface area contributed by atoms with Crippen LogP contribution < -0.4 is 0 Å². The zero-order valence-electron chi connectivity index (χ0n) is 8.08. The summed E-state index contributed by atoms with van der Waals surface area (Å²) in [5.41, 5.74) is 0.852. The van der Waals surface area contributed by atoms with Crippen molar-refractivity contribution in [3.05, 3.63) is 23.3 Å². The number of ether oxygens (including phenoxy) is 1. The third kappa shape index (κ3) is 2.42. The lowest BCUT2D eigenvalue weighted by atomic mass is 10.2. The molecule has 1 rings (SSSR count). The van der Waals surface area contributed by atoms with E-state index in [-0.39, 0.29) is 5.88 Å². The first-order valence-corrected chi connectivity index (χ1v) is 4.78. The summed E-state index contributed by atoms with van der Waals surface area (Å²) in [5, 5.41) is 0. The van der Waals surface area contributed by atoms with Gasteiger partial charge in [-0.25, -0.2) is 14.8 Å². The molecule has 0 N–H and O–H groups in total. The molecule has 1 aromatic rings. The summed E-state index contributed by atoms with van der Waals surface area (Å²) in [6.45, 7) is 3.81. The number of hydrogen-bond donors (Lipinski definition) is 0. The second-order valence-corrected chi connectivity index (χ2v) is 2.90. The number of carbonyl (C=O) groups is 1. The van der Waals surface area contributed by atoms with Crippen LogP contribution in [-0.4, -0.2) is 22.5 Å². The molecule has 0 spiro atoms. The van der Waals surface area contributed by atoms with E-state index in [1.165, 1.54) is 6.20 Å². The molecule has 0 aliphatic rings. The van der Waals surface area contributed by atoms with Crippen molar-refractivity contribution in [3.63, 3.8) is 0 Å². The minimum atomic E-state index is -0.428. The van der Waals surface area contributed by atoms with E-state index in [2.05, 4.69) is 9.97 Å². The minimum absolute atomic E-state index is 0.178. The zero-order chi connectivity index (χ0) is 10.6. The number of halogens is 1. The van der Waals surface area contributed by atoms with Gasteiger partial charge in [0, 0.05) is 6.20 Å². The normalized spacial score (nSPS) is 9.93. The van der Waals surface area contributed by atoms with Crippen LogP contribution in [0.25, 0.3) is 0 Å². The number of alkyl halides is 1. The topological polar surface area (TPSA) is 52.1 Å². The maximum atomic E-state index is 11.4. The maximum absolute atomic E-state index is 11.4. The first-order chi connectivity index (χ1) is 6.69. The highest BCUT2D eigenvalue weighted by atomic mass is 35.5. The molecule has 14 heavy (non-hydrogen) atoms. The summed E-state index contributed by atoms with van der Waals surface area (Å²) in [6.07, 6.45) is 1.44. The molecule has 76 valence electrons. The SMILES string of the molecule is CCOC(=O)c1cnc(C)nc1CCl. The monoisotopic (exact) mass is 214 g/mol. The summed E-state index contributed by atoms with van der Waals surface area (Å²) in [6, 6.07) is 0. The Labute approximate surface area is 87.3 Å². The largest absolute Gasteiger partial charge is 0.462 e. The van der Waals surface area contributed by atoms with Crippen LogP contribution in [0.4, 0.5) is 0 Å². The molecule has 1 aromatic heterocycles. The van der Waals surface area contributed by atoms with Crippen LogP contribution in [0, 0.1) is 6.92 Å². The Balaban J connectivity index is 3.01. The van der Waals surface area contributed by atoms with Gasteiger partial charge >= 0.3 is 5.97 Å². The van der Waals surface area contributed by atoms with Crippen molar-refractivity contribution in [1.29, 1.82) is 0 Å². The average molecular weight is 215 g/mol. The third-order valence-corrected chi connectivity index (χ3v) is 1.86. The van der Waals surface area contributed by atoms with Gasteiger partial charge in [0.05, 0.1) is 18.2 Å². The number of rotatable bonds is 3. The van der Waals surface area contributed by atoms with Crippen LogP contribution in [0.1, 0.15) is 28.8 Å². The lowest BCUT2D eigenvalue weighted by molar-refractivity contribution is 0.0524. The van der Waals surface area contributed by atoms with E-state index in [0.29, 0.717) is 23.7 Å². The molecule has 0 aromatic carbocycles. The van der Waals surface area contributed by atoms with Gasteiger partial charge in [-0.15, -0.1) is 11.6 Å². The molecule has 0 fully saturated rings. The van der Waals surface area contributed by atoms with Crippen LogP contribution >= 0.6 is 11.6 Å². The molecule has 5 heteroatoms. The number of carbonyl (C=O) groups excluding carboxylic acids is 1. The Hall–Kier alpha value is -1.16. The first-order valence-electron chi connectivity index (χ1n) is 4.24. The summed E-state index contributed by atoms with van der Waals surface area (Å²) >= 11 is 5.65. The van der Waals surface area contributed by atoms with Crippen molar-refractivity contribution in [2.45, 2.75) is 19.7 Å². The summed E-state index contributed by atoms with van der Waals surface area (Å²) < 4.78 is 4.83. The maximum Gasteiger partial charge on any atom is 0.341 e. The van der Waals surface area contributed by atoms with E-state index in [1.807, 2.05) is 0 Å². The van der Waals surface area contributed by atoms with Gasteiger partial charge in [-0.3, -0.25) is 0 Å². The molecule has 0 radical (unpaired) electrons. The summed E-state index contributed by atoms with van der Waals surface area (Å²) in [5.74, 6) is 0.342. The molecule has 0 atom stereocenters. The Morgan fingerprint density at radius 2 is 2.36 bits per heavy atom. The fourth-order valence-electron chi connectivity index (χ4n) is 0.998. The molecule has 0 aliphatic carbocycles. The molecule has 0 saturated heterocycles. The highest BCUT2D eigenvalue weighted by Crippen LogP contribution is 2.09. The zero-order valence-corrected chi connectivity index (χ0v) is 8.84. The second-order valence-electron chi connectivity index (χ2n) is 2.63.